The maximum Gasteiger partial charge on any atom is 0.257 e. The molecule has 25 heavy (non-hydrogen) atoms. The molecule has 0 bridgehead atoms. The highest BCUT2D eigenvalue weighted by Gasteiger charge is 2.24. The van der Waals surface area contributed by atoms with Gasteiger partial charge in [-0.1, -0.05) is 30.3 Å². The summed E-state index contributed by atoms with van der Waals surface area (Å²) in [7, 11) is 1.63. The van der Waals surface area contributed by atoms with E-state index in [0.29, 0.717) is 5.88 Å². The van der Waals surface area contributed by atoms with Gasteiger partial charge in [-0.2, -0.15) is 5.10 Å². The van der Waals surface area contributed by atoms with Gasteiger partial charge in [0.2, 0.25) is 0 Å². The Morgan fingerprint density at radius 1 is 1.12 bits per heavy atom. The first-order valence-corrected chi connectivity index (χ1v) is 8.54. The molecule has 0 aliphatic carbocycles. The van der Waals surface area contributed by atoms with Gasteiger partial charge in [-0.15, -0.1) is 0 Å². The highest BCUT2D eigenvalue weighted by Crippen LogP contribution is 2.29. The second kappa shape index (κ2) is 6.93. The summed E-state index contributed by atoms with van der Waals surface area (Å²) < 4.78 is 5.36. The van der Waals surface area contributed by atoms with Crippen LogP contribution in [0.3, 0.4) is 0 Å². The Morgan fingerprint density at radius 3 is 2.80 bits per heavy atom. The maximum atomic E-state index is 5.36. The van der Waals surface area contributed by atoms with Crippen LogP contribution in [-0.4, -0.2) is 33.8 Å². The fourth-order valence-electron chi connectivity index (χ4n) is 3.33. The van der Waals surface area contributed by atoms with Crippen LogP contribution in [-0.2, 0) is 25.8 Å². The highest BCUT2D eigenvalue weighted by molar-refractivity contribution is 5.50. The van der Waals surface area contributed by atoms with Gasteiger partial charge in [0.05, 0.1) is 12.8 Å². The van der Waals surface area contributed by atoms with E-state index in [1.165, 1.54) is 16.8 Å². The van der Waals surface area contributed by atoms with E-state index in [0.717, 1.165) is 43.9 Å². The molecule has 3 aromatic rings. The zero-order chi connectivity index (χ0) is 17.1. The second-order valence-electron chi connectivity index (χ2n) is 6.17. The van der Waals surface area contributed by atoms with Crippen molar-refractivity contribution in [2.24, 2.45) is 0 Å². The number of aryl methyl sites for hydroxylation is 2. The zero-order valence-electron chi connectivity index (χ0n) is 14.3. The molecular weight excluding hydrogens is 314 g/mol. The van der Waals surface area contributed by atoms with Gasteiger partial charge in [-0.25, -0.2) is 9.97 Å². The number of aromatic amines is 1. The van der Waals surface area contributed by atoms with E-state index < -0.39 is 0 Å². The number of H-pyrrole nitrogens is 1. The number of aromatic nitrogens is 4. The standard InChI is InChI=1S/C19H21N5O/c1-25-19-18(20-10-11-21-19)24-12-9-17-15(13-24)16(22-23-17)8-7-14-5-3-2-4-6-14/h2-6,10-11H,7-9,12-13H2,1H3,(H,22,23). The van der Waals surface area contributed by atoms with E-state index in [1.807, 2.05) is 6.07 Å². The summed E-state index contributed by atoms with van der Waals surface area (Å²) in [6, 6.07) is 10.5. The van der Waals surface area contributed by atoms with Gasteiger partial charge in [-0.3, -0.25) is 5.10 Å². The molecule has 0 saturated heterocycles. The van der Waals surface area contributed by atoms with Crippen molar-refractivity contribution in [2.45, 2.75) is 25.8 Å². The molecule has 2 aromatic heterocycles. The lowest BCUT2D eigenvalue weighted by molar-refractivity contribution is 0.394. The molecule has 3 heterocycles. The van der Waals surface area contributed by atoms with E-state index in [-0.39, 0.29) is 0 Å². The van der Waals surface area contributed by atoms with Crippen molar-refractivity contribution in [3.05, 3.63) is 65.2 Å². The van der Waals surface area contributed by atoms with Crippen molar-refractivity contribution in [3.63, 3.8) is 0 Å². The Hall–Kier alpha value is -2.89. The average molecular weight is 335 g/mol. The smallest absolute Gasteiger partial charge is 0.257 e. The Bertz CT molecular complexity index is 846. The molecule has 1 aliphatic rings. The van der Waals surface area contributed by atoms with Crippen LogP contribution in [0.1, 0.15) is 22.5 Å². The van der Waals surface area contributed by atoms with Crippen molar-refractivity contribution in [3.8, 4) is 5.88 Å². The predicted octanol–water partition coefficient (Wildman–Crippen LogP) is 2.56. The quantitative estimate of drug-likeness (QED) is 0.776. The van der Waals surface area contributed by atoms with E-state index >= 15 is 0 Å². The number of benzene rings is 1. The normalized spacial score (nSPS) is 13.6. The van der Waals surface area contributed by atoms with Gasteiger partial charge in [-0.05, 0) is 18.4 Å². The number of ether oxygens (including phenoxy) is 1. The number of rotatable bonds is 5. The van der Waals surface area contributed by atoms with Crippen molar-refractivity contribution in [1.82, 2.24) is 20.2 Å². The predicted molar refractivity (Wildman–Crippen MR) is 95.8 cm³/mol. The fraction of sp³-hybridized carbons (Fsp3) is 0.316. The molecule has 0 spiro atoms. The van der Waals surface area contributed by atoms with Crippen molar-refractivity contribution >= 4 is 5.82 Å². The molecule has 4 rings (SSSR count). The van der Waals surface area contributed by atoms with Crippen molar-refractivity contribution in [2.75, 3.05) is 18.6 Å². The van der Waals surface area contributed by atoms with Gasteiger partial charge in [0.1, 0.15) is 0 Å². The molecule has 6 nitrogen and oxygen atoms in total. The van der Waals surface area contributed by atoms with Gasteiger partial charge < -0.3 is 9.64 Å². The number of hydrogen-bond acceptors (Lipinski definition) is 5. The molecule has 1 aromatic carbocycles. The van der Waals surface area contributed by atoms with E-state index in [2.05, 4.69) is 49.3 Å². The van der Waals surface area contributed by atoms with E-state index in [9.17, 15) is 0 Å². The summed E-state index contributed by atoms with van der Waals surface area (Å²) in [5.74, 6) is 1.37. The first-order chi connectivity index (χ1) is 12.3. The number of methoxy groups -OCH3 is 1. The summed E-state index contributed by atoms with van der Waals surface area (Å²) >= 11 is 0. The lowest BCUT2D eigenvalue weighted by Crippen LogP contribution is -2.31. The van der Waals surface area contributed by atoms with Gasteiger partial charge in [0.25, 0.3) is 5.88 Å². The molecule has 0 saturated carbocycles. The summed E-state index contributed by atoms with van der Waals surface area (Å²) in [4.78, 5) is 10.9. The number of fused-ring (bicyclic) bond motifs is 1. The first-order valence-electron chi connectivity index (χ1n) is 8.54. The maximum absolute atomic E-state index is 5.36. The molecule has 128 valence electrons. The highest BCUT2D eigenvalue weighted by atomic mass is 16.5. The molecule has 1 aliphatic heterocycles. The third kappa shape index (κ3) is 3.20. The number of hydrogen-bond donors (Lipinski definition) is 1. The Morgan fingerprint density at radius 2 is 1.96 bits per heavy atom. The van der Waals surface area contributed by atoms with Gasteiger partial charge >= 0.3 is 0 Å². The van der Waals surface area contributed by atoms with Crippen LogP contribution in [0.15, 0.2) is 42.7 Å². The third-order valence-electron chi connectivity index (χ3n) is 4.65. The van der Waals surface area contributed by atoms with Crippen LogP contribution in [0.25, 0.3) is 0 Å². The van der Waals surface area contributed by atoms with Crippen LogP contribution in [0.2, 0.25) is 0 Å². The van der Waals surface area contributed by atoms with Gasteiger partial charge in [0.15, 0.2) is 5.82 Å². The van der Waals surface area contributed by atoms with Crippen LogP contribution in [0.4, 0.5) is 5.82 Å². The minimum atomic E-state index is 0.570. The minimum Gasteiger partial charge on any atom is -0.478 e. The Balaban J connectivity index is 1.53. The molecular formula is C19H21N5O. The Kier molecular flexibility index (Phi) is 4.33. The minimum absolute atomic E-state index is 0.570. The molecule has 0 unspecified atom stereocenters. The van der Waals surface area contributed by atoms with Crippen LogP contribution < -0.4 is 9.64 Å². The topological polar surface area (TPSA) is 66.9 Å². The molecule has 0 radical (unpaired) electrons. The van der Waals surface area contributed by atoms with Crippen molar-refractivity contribution in [1.29, 1.82) is 0 Å². The van der Waals surface area contributed by atoms with E-state index in [4.69, 9.17) is 4.74 Å². The molecule has 0 amide bonds. The van der Waals surface area contributed by atoms with E-state index in [1.54, 1.807) is 19.5 Å². The molecule has 6 heteroatoms. The van der Waals surface area contributed by atoms with Crippen LogP contribution in [0, 0.1) is 0 Å². The second-order valence-corrected chi connectivity index (χ2v) is 6.17. The summed E-state index contributed by atoms with van der Waals surface area (Å²) in [6.07, 6.45) is 6.21. The Labute approximate surface area is 146 Å². The lowest BCUT2D eigenvalue weighted by Gasteiger charge is -2.28. The number of nitrogens with one attached hydrogen (secondary N) is 1. The van der Waals surface area contributed by atoms with Crippen LogP contribution >= 0.6 is 0 Å². The summed E-state index contributed by atoms with van der Waals surface area (Å²) in [5.41, 5.74) is 5.01. The summed E-state index contributed by atoms with van der Waals surface area (Å²) in [5, 5.41) is 7.78. The molecule has 0 atom stereocenters. The SMILES string of the molecule is COc1nccnc1N1CCc2[nH]nc(CCc3ccccc3)c2C1. The summed E-state index contributed by atoms with van der Waals surface area (Å²) in [6.45, 7) is 1.66. The van der Waals surface area contributed by atoms with Crippen LogP contribution in [0.5, 0.6) is 5.88 Å². The zero-order valence-corrected chi connectivity index (χ0v) is 14.3. The number of anilines is 1. The molecule has 1 N–H and O–H groups in total. The monoisotopic (exact) mass is 335 g/mol. The first kappa shape index (κ1) is 15.6. The van der Waals surface area contributed by atoms with Crippen molar-refractivity contribution < 1.29 is 4.74 Å². The lowest BCUT2D eigenvalue weighted by atomic mass is 10.0. The third-order valence-corrected chi connectivity index (χ3v) is 4.65. The average Bonchev–Trinajstić information content (AvgIpc) is 3.09. The fourth-order valence-corrected chi connectivity index (χ4v) is 3.33. The number of nitrogens with zero attached hydrogens (tertiary/aromatic N) is 4. The van der Waals surface area contributed by atoms with Gasteiger partial charge in [0, 0.05) is 43.2 Å². The molecule has 0 fully saturated rings. The largest absolute Gasteiger partial charge is 0.478 e.